The van der Waals surface area contributed by atoms with Gasteiger partial charge >= 0.3 is 0 Å². The Morgan fingerprint density at radius 1 is 1.18 bits per heavy atom. The van der Waals surface area contributed by atoms with Gasteiger partial charge in [-0.25, -0.2) is 19.5 Å². The van der Waals surface area contributed by atoms with Gasteiger partial charge in [-0.15, -0.1) is 11.3 Å². The first-order valence-corrected chi connectivity index (χ1v) is 10.9. The molecule has 0 unspecified atom stereocenters. The van der Waals surface area contributed by atoms with Crippen LogP contribution in [0.25, 0.3) is 16.7 Å². The van der Waals surface area contributed by atoms with Crippen molar-refractivity contribution in [1.29, 1.82) is 0 Å². The Balaban J connectivity index is 1.79. The topological polar surface area (TPSA) is 60.7 Å². The Morgan fingerprint density at radius 3 is 2.75 bits per heavy atom. The summed E-state index contributed by atoms with van der Waals surface area (Å²) in [5.41, 5.74) is 2.64. The zero-order valence-electron chi connectivity index (χ0n) is 15.9. The van der Waals surface area contributed by atoms with Crippen LogP contribution in [-0.2, 0) is 5.75 Å². The first kappa shape index (κ1) is 18.8. The normalized spacial score (nSPS) is 11.4. The lowest BCUT2D eigenvalue weighted by molar-refractivity contribution is 0.793. The maximum Gasteiger partial charge on any atom is 0.267 e. The summed E-state index contributed by atoms with van der Waals surface area (Å²) in [4.78, 5) is 27.1. The third-order valence-electron chi connectivity index (χ3n) is 4.29. The van der Waals surface area contributed by atoms with Crippen LogP contribution < -0.4 is 5.56 Å². The number of hydrogen-bond acceptors (Lipinski definition) is 6. The molecule has 28 heavy (non-hydrogen) atoms. The molecule has 0 aliphatic heterocycles. The molecule has 4 rings (SSSR count). The fourth-order valence-electron chi connectivity index (χ4n) is 2.85. The first-order valence-electron chi connectivity index (χ1n) is 9.05. The summed E-state index contributed by atoms with van der Waals surface area (Å²) in [5.74, 6) is 1.66. The maximum atomic E-state index is 13.2. The molecule has 0 spiro atoms. The van der Waals surface area contributed by atoms with Crippen molar-refractivity contribution >= 4 is 34.0 Å². The summed E-state index contributed by atoms with van der Waals surface area (Å²) in [6.45, 7) is 6.27. The summed E-state index contributed by atoms with van der Waals surface area (Å²) >= 11 is 3.19. The van der Waals surface area contributed by atoms with Gasteiger partial charge < -0.3 is 0 Å². The molecule has 5 nitrogen and oxygen atoms in total. The van der Waals surface area contributed by atoms with E-state index in [9.17, 15) is 4.79 Å². The van der Waals surface area contributed by atoms with E-state index in [1.807, 2.05) is 37.3 Å². The van der Waals surface area contributed by atoms with Gasteiger partial charge in [-0.2, -0.15) is 0 Å². The third kappa shape index (κ3) is 3.72. The number of fused-ring (bicyclic) bond motifs is 1. The molecule has 1 aromatic carbocycles. The second-order valence-electron chi connectivity index (χ2n) is 6.86. The largest absolute Gasteiger partial charge is 0.268 e. The number of nitrogens with zero attached hydrogens (tertiary/aromatic N) is 4. The predicted molar refractivity (Wildman–Crippen MR) is 116 cm³/mol. The van der Waals surface area contributed by atoms with Crippen LogP contribution >= 0.6 is 23.1 Å². The third-order valence-corrected chi connectivity index (χ3v) is 6.45. The number of hydrogen-bond donors (Lipinski definition) is 0. The molecule has 0 aliphatic rings. The van der Waals surface area contributed by atoms with Crippen LogP contribution in [0.15, 0.2) is 57.9 Å². The van der Waals surface area contributed by atoms with Crippen LogP contribution in [0, 0.1) is 6.92 Å². The van der Waals surface area contributed by atoms with Crippen molar-refractivity contribution in [3.05, 3.63) is 74.6 Å². The van der Waals surface area contributed by atoms with E-state index in [4.69, 9.17) is 9.97 Å². The van der Waals surface area contributed by atoms with Gasteiger partial charge in [0, 0.05) is 23.2 Å². The SMILES string of the molecule is Cc1ccnc(-n2c(SCc3csc(C(C)C)n3)nc3ccccc3c2=O)c1. The summed E-state index contributed by atoms with van der Waals surface area (Å²) in [6, 6.07) is 11.2. The smallest absolute Gasteiger partial charge is 0.267 e. The highest BCUT2D eigenvalue weighted by atomic mass is 32.2. The Kier molecular flexibility index (Phi) is 5.28. The maximum absolute atomic E-state index is 13.2. The van der Waals surface area contributed by atoms with Crippen LogP contribution in [0.3, 0.4) is 0 Å². The van der Waals surface area contributed by atoms with Gasteiger partial charge in [0.1, 0.15) is 5.82 Å². The molecule has 0 N–H and O–H groups in total. The minimum Gasteiger partial charge on any atom is -0.268 e. The Morgan fingerprint density at radius 2 is 2.00 bits per heavy atom. The number of thiazole rings is 1. The van der Waals surface area contributed by atoms with Gasteiger partial charge in [-0.3, -0.25) is 4.79 Å². The van der Waals surface area contributed by atoms with Crippen molar-refractivity contribution in [2.24, 2.45) is 0 Å². The molecule has 0 atom stereocenters. The van der Waals surface area contributed by atoms with Crippen LogP contribution in [0.1, 0.15) is 36.0 Å². The Labute approximate surface area is 171 Å². The number of para-hydroxylation sites is 1. The van der Waals surface area contributed by atoms with Crippen molar-refractivity contribution < 1.29 is 0 Å². The molecule has 0 aliphatic carbocycles. The lowest BCUT2D eigenvalue weighted by Crippen LogP contribution is -2.22. The van der Waals surface area contributed by atoms with E-state index in [2.05, 4.69) is 24.2 Å². The van der Waals surface area contributed by atoms with Gasteiger partial charge in [0.25, 0.3) is 5.56 Å². The van der Waals surface area contributed by atoms with Crippen molar-refractivity contribution in [2.75, 3.05) is 0 Å². The summed E-state index contributed by atoms with van der Waals surface area (Å²) < 4.78 is 1.61. The zero-order chi connectivity index (χ0) is 19.7. The lowest BCUT2D eigenvalue weighted by Gasteiger charge is -2.12. The minimum atomic E-state index is -0.104. The molecular formula is C21H20N4OS2. The van der Waals surface area contributed by atoms with Crippen LogP contribution in [0.4, 0.5) is 0 Å². The molecule has 0 radical (unpaired) electrons. The van der Waals surface area contributed by atoms with Crippen molar-refractivity contribution in [2.45, 2.75) is 37.6 Å². The number of benzene rings is 1. The van der Waals surface area contributed by atoms with Gasteiger partial charge in [-0.1, -0.05) is 37.7 Å². The fourth-order valence-corrected chi connectivity index (χ4v) is 4.68. The van der Waals surface area contributed by atoms with Gasteiger partial charge in [0.15, 0.2) is 5.16 Å². The molecule has 7 heteroatoms. The van der Waals surface area contributed by atoms with E-state index in [1.54, 1.807) is 28.2 Å². The number of thioether (sulfide) groups is 1. The van der Waals surface area contributed by atoms with Crippen LogP contribution in [0.5, 0.6) is 0 Å². The highest BCUT2D eigenvalue weighted by Crippen LogP contribution is 2.26. The van der Waals surface area contributed by atoms with E-state index in [-0.39, 0.29) is 5.56 Å². The summed E-state index contributed by atoms with van der Waals surface area (Å²) in [6.07, 6.45) is 1.72. The predicted octanol–water partition coefficient (Wildman–Crippen LogP) is 4.96. The molecule has 3 heterocycles. The second kappa shape index (κ2) is 7.85. The van der Waals surface area contributed by atoms with Gasteiger partial charge in [-0.05, 0) is 36.8 Å². The minimum absolute atomic E-state index is 0.104. The number of rotatable bonds is 5. The molecule has 0 saturated carbocycles. The highest BCUT2D eigenvalue weighted by Gasteiger charge is 2.15. The number of aryl methyl sites for hydroxylation is 1. The quantitative estimate of drug-likeness (QED) is 0.345. The van der Waals surface area contributed by atoms with Gasteiger partial charge in [0.2, 0.25) is 0 Å². The summed E-state index contributed by atoms with van der Waals surface area (Å²) in [5, 5.41) is 4.42. The van der Waals surface area contributed by atoms with E-state index in [1.165, 1.54) is 11.8 Å². The average Bonchev–Trinajstić information content (AvgIpc) is 3.16. The molecule has 4 aromatic rings. The Hall–Kier alpha value is -2.51. The van der Waals surface area contributed by atoms with E-state index < -0.39 is 0 Å². The zero-order valence-corrected chi connectivity index (χ0v) is 17.5. The Bertz CT molecular complexity index is 1200. The van der Waals surface area contributed by atoms with E-state index in [0.29, 0.717) is 33.5 Å². The molecule has 0 saturated heterocycles. The van der Waals surface area contributed by atoms with Gasteiger partial charge in [0.05, 0.1) is 21.6 Å². The number of aromatic nitrogens is 4. The summed E-state index contributed by atoms with van der Waals surface area (Å²) in [7, 11) is 0. The standard InChI is InChI=1S/C21H20N4OS2/c1-13(2)19-23-15(11-27-19)12-28-21-24-17-7-5-4-6-16(17)20(26)25(21)18-10-14(3)8-9-22-18/h4-11,13H,12H2,1-3H3. The van der Waals surface area contributed by atoms with Crippen LogP contribution in [-0.4, -0.2) is 19.5 Å². The first-order chi connectivity index (χ1) is 13.5. The fraction of sp³-hybridized carbons (Fsp3) is 0.238. The molecule has 142 valence electrons. The molecule has 0 bridgehead atoms. The lowest BCUT2D eigenvalue weighted by atomic mass is 10.2. The van der Waals surface area contributed by atoms with E-state index in [0.717, 1.165) is 16.3 Å². The van der Waals surface area contributed by atoms with Crippen molar-refractivity contribution in [1.82, 2.24) is 19.5 Å². The van der Waals surface area contributed by atoms with E-state index >= 15 is 0 Å². The molecule has 0 amide bonds. The average molecular weight is 409 g/mol. The highest BCUT2D eigenvalue weighted by molar-refractivity contribution is 7.98. The molecule has 0 fully saturated rings. The monoisotopic (exact) mass is 408 g/mol. The van der Waals surface area contributed by atoms with Crippen LogP contribution in [0.2, 0.25) is 0 Å². The second-order valence-corrected chi connectivity index (χ2v) is 8.70. The molecule has 3 aromatic heterocycles. The van der Waals surface area contributed by atoms with Crippen molar-refractivity contribution in [3.63, 3.8) is 0 Å². The molecular weight excluding hydrogens is 388 g/mol. The van der Waals surface area contributed by atoms with Crippen molar-refractivity contribution in [3.8, 4) is 5.82 Å². The number of pyridine rings is 1.